The van der Waals surface area contributed by atoms with Gasteiger partial charge in [0.05, 0.1) is 22.6 Å². The minimum atomic E-state index is -5.23. The van der Waals surface area contributed by atoms with Gasteiger partial charge in [-0.3, -0.25) is 18.2 Å². The van der Waals surface area contributed by atoms with Crippen LogP contribution in [-0.4, -0.2) is 72.3 Å². The molecule has 20 nitrogen and oxygen atoms in total. The van der Waals surface area contributed by atoms with Crippen LogP contribution in [-0.2, 0) is 63.5 Å². The standard InChI is InChI=1S/C48H64O20S4.4Na/c1-5-9-13-25-29-17-31(43(51)37(41(29)49)21-69(57,58)59)26(14-10-6-2)33-19-35(47(55)39(45(33)53)23-71(63,64)65)28(16-12-8-4)36-20-34(46(54)40(48(36)56)24-72(66,67)68)27(15-11-7-3)32-18-30(25)42(50)38(44(32)52)22-70(60,61)62;;;;/h17-20,25-28,49-56H,5-16,21-24H2,1-4H3,(H,57,58,59)(H,60,61,62)(H,63,64,65)(H,66,67,68);;;;/q;4*+1/p-4. The van der Waals surface area contributed by atoms with Gasteiger partial charge in [0.15, 0.2) is 0 Å². The maximum atomic E-state index is 14.8. The molecule has 4 aromatic carbocycles. The topological polar surface area (TPSA) is 391 Å². The third-order valence-electron chi connectivity index (χ3n) is 13.3. The monoisotopic (exact) mass is 1180 g/mol. The molecule has 0 fully saturated rings. The van der Waals surface area contributed by atoms with E-state index in [2.05, 4.69) is 0 Å². The summed E-state index contributed by atoms with van der Waals surface area (Å²) in [5.41, 5.74) is -6.88. The minimum Gasteiger partial charge on any atom is -0.872 e. The van der Waals surface area contributed by atoms with Gasteiger partial charge in [0, 0.05) is 45.9 Å². The summed E-state index contributed by atoms with van der Waals surface area (Å²) in [5.74, 6) is -21.1. The second kappa shape index (κ2) is 29.8. The van der Waals surface area contributed by atoms with Crippen molar-refractivity contribution in [3.05, 3.63) is 91.0 Å². The molecule has 76 heavy (non-hydrogen) atoms. The largest absolute Gasteiger partial charge is 1.00 e. The van der Waals surface area contributed by atoms with Crippen molar-refractivity contribution in [3.63, 3.8) is 0 Å². The van der Waals surface area contributed by atoms with E-state index < -0.39 is 178 Å². The molecule has 0 aromatic heterocycles. The number of benzene rings is 4. The van der Waals surface area contributed by atoms with Crippen LogP contribution in [0.4, 0.5) is 0 Å². The molecule has 1 aliphatic carbocycles. The van der Waals surface area contributed by atoms with Gasteiger partial charge in [-0.05, 0) is 71.2 Å². The van der Waals surface area contributed by atoms with Crippen molar-refractivity contribution in [1.29, 1.82) is 0 Å². The molecule has 8 bridgehead atoms. The first-order valence-electron chi connectivity index (χ1n) is 23.4. The van der Waals surface area contributed by atoms with E-state index in [0.29, 0.717) is 25.7 Å². The molecule has 0 saturated heterocycles. The van der Waals surface area contributed by atoms with Gasteiger partial charge in [-0.15, -0.1) is 23.0 Å². The Kier molecular flexibility index (Phi) is 28.6. The van der Waals surface area contributed by atoms with Crippen LogP contribution in [0.5, 0.6) is 46.0 Å². The van der Waals surface area contributed by atoms with Crippen LogP contribution in [0.1, 0.15) is 195 Å². The summed E-state index contributed by atoms with van der Waals surface area (Å²) in [6.45, 7) is 6.93. The summed E-state index contributed by atoms with van der Waals surface area (Å²) in [5, 5.41) is 108. The van der Waals surface area contributed by atoms with Crippen molar-refractivity contribution in [2.75, 3.05) is 0 Å². The Morgan fingerprint density at radius 3 is 0.711 bits per heavy atom. The molecule has 4 aromatic rings. The van der Waals surface area contributed by atoms with Crippen LogP contribution >= 0.6 is 0 Å². The van der Waals surface area contributed by atoms with Gasteiger partial charge in [0.1, 0.15) is 34.5 Å². The molecule has 2 atom stereocenters. The van der Waals surface area contributed by atoms with Crippen LogP contribution < -0.4 is 139 Å². The van der Waals surface area contributed by atoms with E-state index >= 15 is 0 Å². The quantitative estimate of drug-likeness (QED) is 0.0302. The van der Waals surface area contributed by atoms with Crippen LogP contribution in [0, 0.1) is 0 Å². The van der Waals surface area contributed by atoms with Crippen molar-refractivity contribution >= 4 is 40.5 Å². The van der Waals surface area contributed by atoms with Crippen molar-refractivity contribution in [1.82, 2.24) is 0 Å². The number of phenols is 4. The van der Waals surface area contributed by atoms with E-state index in [1.165, 1.54) is 0 Å². The molecule has 0 aliphatic heterocycles. The van der Waals surface area contributed by atoms with Crippen LogP contribution in [0.2, 0.25) is 0 Å². The van der Waals surface area contributed by atoms with Gasteiger partial charge >= 0.3 is 118 Å². The molecule has 1 aliphatic rings. The zero-order valence-electron chi connectivity index (χ0n) is 44.0. The SMILES string of the molecule is CCCCC1c2cc(c([O-])c(CS(=O)(=O)O)c2[O-])C(CCCC)c2cc(c(O)c(CS(=O)(=O)O)c2O)C(CCCC)c2cc(c(O)c(CS(=O)(=O)O)c2O)C(CCCC)c2cc1c([O-])c(CS(=O)(=O)O)c2[O-].[Na+].[Na+].[Na+].[Na+]. The van der Waals surface area contributed by atoms with E-state index in [-0.39, 0.29) is 192 Å². The Bertz CT molecular complexity index is 2640. The molecular formula is C48H60Na4O20S4. The first-order chi connectivity index (χ1) is 33.4. The molecule has 2 unspecified atom stereocenters. The van der Waals surface area contributed by atoms with Crippen molar-refractivity contribution in [3.8, 4) is 46.0 Å². The maximum Gasteiger partial charge on any atom is 1.00 e. The van der Waals surface area contributed by atoms with Crippen molar-refractivity contribution < 1.29 is 211 Å². The van der Waals surface area contributed by atoms with Gasteiger partial charge in [-0.1, -0.05) is 91.2 Å². The summed E-state index contributed by atoms with van der Waals surface area (Å²) < 4.78 is 142. The Morgan fingerprint density at radius 2 is 0.513 bits per heavy atom. The van der Waals surface area contributed by atoms with Crippen LogP contribution in [0.3, 0.4) is 0 Å². The number of unbranched alkanes of at least 4 members (excludes halogenated alkanes) is 4. The molecule has 0 amide bonds. The molecular weight excluding hydrogens is 1120 g/mol. The van der Waals surface area contributed by atoms with Gasteiger partial charge in [0.2, 0.25) is 0 Å². The summed E-state index contributed by atoms with van der Waals surface area (Å²) in [6.07, 6.45) is 1.58. The zero-order chi connectivity index (χ0) is 54.0. The summed E-state index contributed by atoms with van der Waals surface area (Å²) in [7, 11) is -20.8. The molecule has 0 heterocycles. The number of hydrogen-bond acceptors (Lipinski definition) is 16. The minimum absolute atomic E-state index is 0. The Balaban J connectivity index is 0.00000722. The average Bonchev–Trinajstić information content (AvgIpc) is 3.26. The summed E-state index contributed by atoms with van der Waals surface area (Å²) in [4.78, 5) is 0. The number of aromatic hydroxyl groups is 4. The first-order valence-corrected chi connectivity index (χ1v) is 29.9. The van der Waals surface area contributed by atoms with Gasteiger partial charge in [-0.2, -0.15) is 33.7 Å². The van der Waals surface area contributed by atoms with E-state index in [1.807, 2.05) is 0 Å². The normalized spacial score (nSPS) is 16.6. The van der Waals surface area contributed by atoms with E-state index in [1.54, 1.807) is 27.7 Å². The summed E-state index contributed by atoms with van der Waals surface area (Å²) >= 11 is 0. The molecule has 0 spiro atoms. The smallest absolute Gasteiger partial charge is 0.872 e. The molecule has 0 radical (unpaired) electrons. The molecule has 8 N–H and O–H groups in total. The van der Waals surface area contributed by atoms with Crippen molar-refractivity contribution in [2.45, 2.75) is 151 Å². The molecule has 28 heteroatoms. The van der Waals surface area contributed by atoms with Gasteiger partial charge in [0.25, 0.3) is 40.5 Å². The first kappa shape index (κ1) is 72.9. The van der Waals surface area contributed by atoms with E-state index in [9.17, 15) is 92.7 Å². The number of rotatable bonds is 20. The van der Waals surface area contributed by atoms with Crippen LogP contribution in [0.25, 0.3) is 0 Å². The number of fused-ring (bicyclic) bond motifs is 8. The predicted octanol–water partition coefficient (Wildman–Crippen LogP) is -6.03. The van der Waals surface area contributed by atoms with Gasteiger partial charge in [-0.25, -0.2) is 0 Å². The molecule has 5 rings (SSSR count). The third kappa shape index (κ3) is 17.5. The number of hydrogen-bond donors (Lipinski definition) is 8. The second-order valence-corrected chi connectivity index (χ2v) is 24.3. The van der Waals surface area contributed by atoms with Crippen molar-refractivity contribution in [2.24, 2.45) is 0 Å². The predicted molar refractivity (Wildman–Crippen MR) is 257 cm³/mol. The fourth-order valence-electron chi connectivity index (χ4n) is 9.94. The van der Waals surface area contributed by atoms with Crippen LogP contribution in [0.15, 0.2) is 24.3 Å². The number of phenolic OH excluding ortho intramolecular Hbond substituents is 4. The molecule has 400 valence electrons. The Morgan fingerprint density at radius 1 is 0.342 bits per heavy atom. The second-order valence-electron chi connectivity index (χ2n) is 18.5. The fraction of sp³-hybridized carbons (Fsp3) is 0.500. The molecule has 0 saturated carbocycles. The maximum absolute atomic E-state index is 14.8. The average molecular weight is 1180 g/mol. The Labute approximate surface area is 533 Å². The van der Waals surface area contributed by atoms with Gasteiger partial charge < -0.3 is 40.9 Å². The summed E-state index contributed by atoms with van der Waals surface area (Å²) in [6, 6.07) is 4.42. The van der Waals surface area contributed by atoms with E-state index in [0.717, 1.165) is 24.3 Å². The Hall–Kier alpha value is -1.08. The zero-order valence-corrected chi connectivity index (χ0v) is 55.3. The third-order valence-corrected chi connectivity index (χ3v) is 15.9. The fourth-order valence-corrected chi connectivity index (χ4v) is 12.5. The van der Waals surface area contributed by atoms with E-state index in [4.69, 9.17) is 0 Å².